The summed E-state index contributed by atoms with van der Waals surface area (Å²) in [6.07, 6.45) is 0.959. The Balaban J connectivity index is 3.43. The lowest BCUT2D eigenvalue weighted by Crippen LogP contribution is -2.14. The van der Waals surface area contributed by atoms with Crippen LogP contribution in [-0.4, -0.2) is 25.8 Å². The van der Waals surface area contributed by atoms with Crippen LogP contribution in [0.15, 0.2) is 0 Å². The van der Waals surface area contributed by atoms with Crippen LogP contribution < -0.4 is 0 Å². The molecule has 0 spiro atoms. The predicted octanol–water partition coefficient (Wildman–Crippen LogP) is 2.25. The molecule has 3 heteroatoms. The fourth-order valence-corrected chi connectivity index (χ4v) is 0.879. The third-order valence-corrected chi connectivity index (χ3v) is 1.76. The van der Waals surface area contributed by atoms with Crippen molar-refractivity contribution in [3.05, 3.63) is 0 Å². The third-order valence-electron chi connectivity index (χ3n) is 1.76. The second-order valence-electron chi connectivity index (χ2n) is 4.37. The van der Waals surface area contributed by atoms with Crippen LogP contribution in [0.3, 0.4) is 0 Å². The van der Waals surface area contributed by atoms with Crippen LogP contribution in [-0.2, 0) is 14.3 Å². The van der Waals surface area contributed by atoms with Crippen molar-refractivity contribution in [3.8, 4) is 11.8 Å². The lowest BCUT2D eigenvalue weighted by Gasteiger charge is -2.05. The Morgan fingerprint density at radius 2 is 1.94 bits per heavy atom. The predicted molar refractivity (Wildman–Crippen MR) is 63.8 cm³/mol. The number of esters is 1. The summed E-state index contributed by atoms with van der Waals surface area (Å²) in [6, 6.07) is 0. The first-order valence-corrected chi connectivity index (χ1v) is 5.74. The van der Waals surface area contributed by atoms with E-state index in [2.05, 4.69) is 25.7 Å². The van der Waals surface area contributed by atoms with E-state index in [4.69, 9.17) is 9.47 Å². The number of hydrogen-bond acceptors (Lipinski definition) is 3. The molecule has 0 atom stereocenters. The van der Waals surface area contributed by atoms with Crippen LogP contribution in [0.2, 0.25) is 0 Å². The quantitative estimate of drug-likeness (QED) is 0.396. The maximum atomic E-state index is 11.1. The first-order chi connectivity index (χ1) is 7.52. The maximum Gasteiger partial charge on any atom is 0.333 e. The fraction of sp³-hybridized carbons (Fsp3) is 0.769. The second kappa shape index (κ2) is 9.23. The lowest BCUT2D eigenvalue weighted by atomic mass is 10.1. The normalized spacial score (nSPS) is 10.1. The number of carbonyl (C=O) groups excluding carboxylic acids is 1. The SMILES string of the molecule is CC(C)C#CCOC(=O)COCCC(C)C. The molecule has 0 rings (SSSR count). The van der Waals surface area contributed by atoms with Crippen LogP contribution in [0.25, 0.3) is 0 Å². The van der Waals surface area contributed by atoms with Gasteiger partial charge in [0.25, 0.3) is 0 Å². The summed E-state index contributed by atoms with van der Waals surface area (Å²) in [7, 11) is 0. The topological polar surface area (TPSA) is 35.5 Å². The second-order valence-corrected chi connectivity index (χ2v) is 4.37. The molecule has 0 aliphatic heterocycles. The maximum absolute atomic E-state index is 11.1. The van der Waals surface area contributed by atoms with Gasteiger partial charge in [0.15, 0.2) is 6.61 Å². The van der Waals surface area contributed by atoms with Gasteiger partial charge in [-0.2, -0.15) is 0 Å². The van der Waals surface area contributed by atoms with Crippen LogP contribution in [0.1, 0.15) is 34.1 Å². The molecule has 16 heavy (non-hydrogen) atoms. The highest BCUT2D eigenvalue weighted by Crippen LogP contribution is 1.98. The molecule has 92 valence electrons. The molecular formula is C13H22O3. The van der Waals surface area contributed by atoms with Crippen molar-refractivity contribution in [2.45, 2.75) is 34.1 Å². The molecule has 0 amide bonds. The Morgan fingerprint density at radius 3 is 2.50 bits per heavy atom. The van der Waals surface area contributed by atoms with Crippen molar-refractivity contribution in [2.75, 3.05) is 19.8 Å². The van der Waals surface area contributed by atoms with Gasteiger partial charge in [-0.25, -0.2) is 4.79 Å². The standard InChI is InChI=1S/C13H22O3/c1-11(2)6-5-8-16-13(14)10-15-9-7-12(3)4/h11-12H,7-10H2,1-4H3. The minimum absolute atomic E-state index is 0.0239. The van der Waals surface area contributed by atoms with Crippen molar-refractivity contribution >= 4 is 5.97 Å². The summed E-state index contributed by atoms with van der Waals surface area (Å²) in [5, 5.41) is 0. The fourth-order valence-electron chi connectivity index (χ4n) is 0.879. The Morgan fingerprint density at radius 1 is 1.25 bits per heavy atom. The van der Waals surface area contributed by atoms with Gasteiger partial charge in [-0.3, -0.25) is 0 Å². The number of hydrogen-bond donors (Lipinski definition) is 0. The Hall–Kier alpha value is -1.01. The summed E-state index contributed by atoms with van der Waals surface area (Å²) in [5.74, 6) is 6.24. The molecule has 0 aromatic heterocycles. The molecule has 0 aliphatic carbocycles. The highest BCUT2D eigenvalue weighted by molar-refractivity contribution is 5.70. The highest BCUT2D eigenvalue weighted by atomic mass is 16.6. The zero-order valence-electron chi connectivity index (χ0n) is 10.7. The summed E-state index contributed by atoms with van der Waals surface area (Å²) in [5.41, 5.74) is 0. The van der Waals surface area contributed by atoms with Gasteiger partial charge in [-0.05, 0) is 12.3 Å². The van der Waals surface area contributed by atoms with Gasteiger partial charge in [0.1, 0.15) is 6.61 Å². The van der Waals surface area contributed by atoms with E-state index in [0.29, 0.717) is 18.4 Å². The van der Waals surface area contributed by atoms with Gasteiger partial charge in [0, 0.05) is 12.5 Å². The monoisotopic (exact) mass is 226 g/mol. The van der Waals surface area contributed by atoms with Gasteiger partial charge in [0.05, 0.1) is 0 Å². The number of carbonyl (C=O) groups is 1. The van der Waals surface area contributed by atoms with Gasteiger partial charge in [0.2, 0.25) is 0 Å². The molecule has 0 N–H and O–H groups in total. The summed E-state index contributed by atoms with van der Waals surface area (Å²) in [6.45, 7) is 8.99. The van der Waals surface area contributed by atoms with E-state index in [1.165, 1.54) is 0 Å². The summed E-state index contributed by atoms with van der Waals surface area (Å²) < 4.78 is 10.0. The minimum atomic E-state index is -0.346. The van der Waals surface area contributed by atoms with E-state index in [1.807, 2.05) is 13.8 Å². The zero-order chi connectivity index (χ0) is 12.4. The van der Waals surface area contributed by atoms with Crippen LogP contribution in [0.5, 0.6) is 0 Å². The highest BCUT2D eigenvalue weighted by Gasteiger charge is 2.02. The van der Waals surface area contributed by atoms with E-state index in [0.717, 1.165) is 6.42 Å². The molecular weight excluding hydrogens is 204 g/mol. The summed E-state index contributed by atoms with van der Waals surface area (Å²) in [4.78, 5) is 11.1. The number of rotatable bonds is 6. The van der Waals surface area contributed by atoms with Gasteiger partial charge in [-0.1, -0.05) is 39.5 Å². The Kier molecular flexibility index (Phi) is 8.65. The largest absolute Gasteiger partial charge is 0.451 e. The van der Waals surface area contributed by atoms with Gasteiger partial charge < -0.3 is 9.47 Å². The van der Waals surface area contributed by atoms with Crippen molar-refractivity contribution in [3.63, 3.8) is 0 Å². The molecule has 0 saturated carbocycles. The first-order valence-electron chi connectivity index (χ1n) is 5.74. The average Bonchev–Trinajstić information content (AvgIpc) is 2.19. The molecule has 0 heterocycles. The molecule has 0 saturated heterocycles. The van der Waals surface area contributed by atoms with Crippen LogP contribution in [0.4, 0.5) is 0 Å². The van der Waals surface area contributed by atoms with Crippen molar-refractivity contribution < 1.29 is 14.3 Å². The molecule has 0 radical (unpaired) electrons. The molecule has 0 fully saturated rings. The first kappa shape index (κ1) is 15.0. The van der Waals surface area contributed by atoms with E-state index < -0.39 is 0 Å². The number of ether oxygens (including phenoxy) is 2. The summed E-state index contributed by atoms with van der Waals surface area (Å²) >= 11 is 0. The molecule has 3 nitrogen and oxygen atoms in total. The smallest absolute Gasteiger partial charge is 0.333 e. The molecule has 0 unspecified atom stereocenters. The molecule has 0 aromatic rings. The van der Waals surface area contributed by atoms with Crippen molar-refractivity contribution in [1.82, 2.24) is 0 Å². The Bertz CT molecular complexity index is 246. The zero-order valence-corrected chi connectivity index (χ0v) is 10.7. The van der Waals surface area contributed by atoms with Crippen LogP contribution in [0, 0.1) is 23.7 Å². The van der Waals surface area contributed by atoms with Gasteiger partial charge in [-0.15, -0.1) is 0 Å². The van der Waals surface area contributed by atoms with Crippen LogP contribution >= 0.6 is 0 Å². The molecule has 0 aromatic carbocycles. The van der Waals surface area contributed by atoms with E-state index in [9.17, 15) is 4.79 Å². The van der Waals surface area contributed by atoms with E-state index in [1.54, 1.807) is 0 Å². The third kappa shape index (κ3) is 11.1. The average molecular weight is 226 g/mol. The molecule has 0 bridgehead atoms. The Labute approximate surface area is 98.5 Å². The lowest BCUT2D eigenvalue weighted by molar-refractivity contribution is -0.147. The van der Waals surface area contributed by atoms with Crippen molar-refractivity contribution in [2.24, 2.45) is 11.8 Å². The van der Waals surface area contributed by atoms with Gasteiger partial charge >= 0.3 is 5.97 Å². The van der Waals surface area contributed by atoms with Crippen molar-refractivity contribution in [1.29, 1.82) is 0 Å². The van der Waals surface area contributed by atoms with E-state index in [-0.39, 0.29) is 19.2 Å². The van der Waals surface area contributed by atoms with E-state index >= 15 is 0 Å². The molecule has 0 aliphatic rings. The minimum Gasteiger partial charge on any atom is -0.451 e.